The second-order valence-corrected chi connectivity index (χ2v) is 6.93. The van der Waals surface area contributed by atoms with E-state index in [2.05, 4.69) is 0 Å². The number of ether oxygens (including phenoxy) is 1. The molecule has 5 heteroatoms. The highest BCUT2D eigenvalue weighted by Gasteiger charge is 2.30. The molecule has 0 aliphatic heterocycles. The van der Waals surface area contributed by atoms with E-state index in [4.69, 9.17) is 14.9 Å². The Balaban J connectivity index is 2.24. The van der Waals surface area contributed by atoms with Gasteiger partial charge in [0.05, 0.1) is 17.7 Å². The number of carboxylic acid groups (broad SMARTS) is 1. The van der Waals surface area contributed by atoms with Gasteiger partial charge in [0.2, 0.25) is 0 Å². The summed E-state index contributed by atoms with van der Waals surface area (Å²) < 4.78 is 5.71. The standard InChI is InChI=1S/C20H22O5/c1-20(2,3)17(14-6-4-13(12-21)5-7-14)25-19(24)16-10-8-15(9-11-16)18(22)23/h4-11,17,21H,12H2,1-3H3,(H,22,23). The lowest BCUT2D eigenvalue weighted by molar-refractivity contribution is -0.00397. The molecule has 0 heterocycles. The number of aliphatic hydroxyl groups is 1. The Morgan fingerprint density at radius 2 is 1.48 bits per heavy atom. The number of aromatic carboxylic acids is 1. The third kappa shape index (κ3) is 4.67. The minimum atomic E-state index is -1.04. The number of carboxylic acids is 1. The lowest BCUT2D eigenvalue weighted by Crippen LogP contribution is -2.24. The molecule has 1 atom stereocenters. The fourth-order valence-corrected chi connectivity index (χ4v) is 2.47. The van der Waals surface area contributed by atoms with Crippen LogP contribution in [-0.4, -0.2) is 22.2 Å². The summed E-state index contributed by atoms with van der Waals surface area (Å²) in [5, 5.41) is 18.1. The van der Waals surface area contributed by atoms with Crippen molar-refractivity contribution in [3.63, 3.8) is 0 Å². The molecule has 0 fully saturated rings. The minimum Gasteiger partial charge on any atom is -0.478 e. The number of rotatable bonds is 5. The average molecular weight is 342 g/mol. The predicted molar refractivity (Wildman–Crippen MR) is 93.4 cm³/mol. The number of aliphatic hydroxyl groups excluding tert-OH is 1. The first-order valence-electron chi connectivity index (χ1n) is 7.96. The zero-order chi connectivity index (χ0) is 18.6. The molecular formula is C20H22O5. The lowest BCUT2D eigenvalue weighted by atomic mass is 9.84. The van der Waals surface area contributed by atoms with Crippen LogP contribution in [0.2, 0.25) is 0 Å². The van der Waals surface area contributed by atoms with E-state index in [0.717, 1.165) is 11.1 Å². The first-order valence-corrected chi connectivity index (χ1v) is 7.96. The molecule has 0 amide bonds. The predicted octanol–water partition coefficient (Wildman–Crippen LogP) is 3.82. The number of hydrogen-bond donors (Lipinski definition) is 2. The molecule has 0 bridgehead atoms. The average Bonchev–Trinajstić information content (AvgIpc) is 2.58. The van der Waals surface area contributed by atoms with E-state index in [1.807, 2.05) is 32.9 Å². The number of carbonyl (C=O) groups excluding carboxylic acids is 1. The van der Waals surface area contributed by atoms with Crippen molar-refractivity contribution in [2.75, 3.05) is 0 Å². The number of carbonyl (C=O) groups is 2. The Hall–Kier alpha value is -2.66. The molecule has 0 saturated heterocycles. The fourth-order valence-electron chi connectivity index (χ4n) is 2.47. The molecular weight excluding hydrogens is 320 g/mol. The maximum Gasteiger partial charge on any atom is 0.338 e. The van der Waals surface area contributed by atoms with Crippen molar-refractivity contribution >= 4 is 11.9 Å². The van der Waals surface area contributed by atoms with Crippen LogP contribution in [0.5, 0.6) is 0 Å². The van der Waals surface area contributed by atoms with Crippen LogP contribution in [-0.2, 0) is 11.3 Å². The molecule has 2 aromatic rings. The van der Waals surface area contributed by atoms with Crippen LogP contribution in [0.1, 0.15) is 58.7 Å². The van der Waals surface area contributed by atoms with Gasteiger partial charge in [0.15, 0.2) is 0 Å². The van der Waals surface area contributed by atoms with E-state index in [1.54, 1.807) is 12.1 Å². The zero-order valence-electron chi connectivity index (χ0n) is 14.5. The molecule has 5 nitrogen and oxygen atoms in total. The highest BCUT2D eigenvalue weighted by Crippen LogP contribution is 2.36. The van der Waals surface area contributed by atoms with Crippen LogP contribution in [0.15, 0.2) is 48.5 Å². The van der Waals surface area contributed by atoms with Gasteiger partial charge in [0.25, 0.3) is 0 Å². The van der Waals surface area contributed by atoms with Crippen molar-refractivity contribution < 1.29 is 24.5 Å². The topological polar surface area (TPSA) is 83.8 Å². The number of benzene rings is 2. The van der Waals surface area contributed by atoms with Gasteiger partial charge >= 0.3 is 11.9 Å². The lowest BCUT2D eigenvalue weighted by Gasteiger charge is -2.30. The highest BCUT2D eigenvalue weighted by atomic mass is 16.5. The summed E-state index contributed by atoms with van der Waals surface area (Å²) in [6.45, 7) is 5.87. The van der Waals surface area contributed by atoms with E-state index in [-0.39, 0.29) is 17.6 Å². The first-order chi connectivity index (χ1) is 11.7. The van der Waals surface area contributed by atoms with Gasteiger partial charge in [-0.05, 0) is 35.4 Å². The molecule has 132 valence electrons. The Kier molecular flexibility index (Phi) is 5.59. The molecule has 25 heavy (non-hydrogen) atoms. The fraction of sp³-hybridized carbons (Fsp3) is 0.300. The van der Waals surface area contributed by atoms with Gasteiger partial charge in [-0.3, -0.25) is 0 Å². The van der Waals surface area contributed by atoms with Gasteiger partial charge < -0.3 is 14.9 Å². The van der Waals surface area contributed by atoms with Gasteiger partial charge in [0, 0.05) is 5.41 Å². The van der Waals surface area contributed by atoms with Gasteiger partial charge in [-0.1, -0.05) is 45.0 Å². The summed E-state index contributed by atoms with van der Waals surface area (Å²) >= 11 is 0. The molecule has 0 aliphatic rings. The number of hydrogen-bond acceptors (Lipinski definition) is 4. The zero-order valence-corrected chi connectivity index (χ0v) is 14.5. The second-order valence-electron chi connectivity index (χ2n) is 6.93. The molecule has 0 aromatic heterocycles. The molecule has 0 saturated carbocycles. The quantitative estimate of drug-likeness (QED) is 0.807. The summed E-state index contributed by atoms with van der Waals surface area (Å²) in [6, 6.07) is 12.9. The van der Waals surface area contributed by atoms with Gasteiger partial charge in [0.1, 0.15) is 6.10 Å². The van der Waals surface area contributed by atoms with E-state index < -0.39 is 18.0 Å². The maximum atomic E-state index is 12.5. The molecule has 0 spiro atoms. The normalized spacial score (nSPS) is 12.5. The van der Waals surface area contributed by atoms with Crippen molar-refractivity contribution in [1.82, 2.24) is 0 Å². The molecule has 0 aliphatic carbocycles. The summed E-state index contributed by atoms with van der Waals surface area (Å²) in [5.41, 5.74) is 1.69. The highest BCUT2D eigenvalue weighted by molar-refractivity contribution is 5.92. The second kappa shape index (κ2) is 7.49. The van der Waals surface area contributed by atoms with Crippen LogP contribution in [0, 0.1) is 5.41 Å². The van der Waals surface area contributed by atoms with Gasteiger partial charge in [-0.15, -0.1) is 0 Å². The summed E-state index contributed by atoms with van der Waals surface area (Å²) in [6.07, 6.45) is -0.480. The first kappa shape index (κ1) is 18.7. The SMILES string of the molecule is CC(C)(C)C(OC(=O)c1ccc(C(=O)O)cc1)c1ccc(CO)cc1. The van der Waals surface area contributed by atoms with Crippen molar-refractivity contribution in [2.24, 2.45) is 5.41 Å². The van der Waals surface area contributed by atoms with E-state index in [9.17, 15) is 9.59 Å². The van der Waals surface area contributed by atoms with Crippen LogP contribution >= 0.6 is 0 Å². The molecule has 2 rings (SSSR count). The van der Waals surface area contributed by atoms with E-state index in [0.29, 0.717) is 5.56 Å². The van der Waals surface area contributed by atoms with Gasteiger partial charge in [-0.2, -0.15) is 0 Å². The summed E-state index contributed by atoms with van der Waals surface area (Å²) in [5.74, 6) is -1.56. The van der Waals surface area contributed by atoms with Crippen molar-refractivity contribution in [3.05, 3.63) is 70.8 Å². The van der Waals surface area contributed by atoms with Crippen molar-refractivity contribution in [3.8, 4) is 0 Å². The van der Waals surface area contributed by atoms with Crippen molar-refractivity contribution in [2.45, 2.75) is 33.5 Å². The Labute approximate surface area is 146 Å². The Morgan fingerprint density at radius 1 is 0.960 bits per heavy atom. The third-order valence-electron chi connectivity index (χ3n) is 3.84. The van der Waals surface area contributed by atoms with Crippen LogP contribution in [0.25, 0.3) is 0 Å². The Morgan fingerprint density at radius 3 is 1.92 bits per heavy atom. The summed E-state index contributed by atoms with van der Waals surface area (Å²) in [7, 11) is 0. The summed E-state index contributed by atoms with van der Waals surface area (Å²) in [4.78, 5) is 23.4. The van der Waals surface area contributed by atoms with E-state index >= 15 is 0 Å². The Bertz CT molecular complexity index is 739. The van der Waals surface area contributed by atoms with Crippen LogP contribution < -0.4 is 0 Å². The molecule has 2 aromatic carbocycles. The minimum absolute atomic E-state index is 0.0455. The third-order valence-corrected chi connectivity index (χ3v) is 3.84. The number of esters is 1. The maximum absolute atomic E-state index is 12.5. The largest absolute Gasteiger partial charge is 0.478 e. The van der Waals surface area contributed by atoms with Crippen LogP contribution in [0.4, 0.5) is 0 Å². The van der Waals surface area contributed by atoms with Crippen LogP contribution in [0.3, 0.4) is 0 Å². The molecule has 2 N–H and O–H groups in total. The monoisotopic (exact) mass is 342 g/mol. The van der Waals surface area contributed by atoms with Crippen molar-refractivity contribution in [1.29, 1.82) is 0 Å². The molecule has 0 radical (unpaired) electrons. The van der Waals surface area contributed by atoms with E-state index in [1.165, 1.54) is 24.3 Å². The smallest absolute Gasteiger partial charge is 0.338 e. The van der Waals surface area contributed by atoms with Gasteiger partial charge in [-0.25, -0.2) is 9.59 Å². The molecule has 1 unspecified atom stereocenters.